The molecule has 0 fully saturated rings. The molecule has 0 bridgehead atoms. The molecule has 18 heavy (non-hydrogen) atoms. The maximum atomic E-state index is 6.13. The van der Waals surface area contributed by atoms with Crippen molar-refractivity contribution in [1.29, 1.82) is 0 Å². The van der Waals surface area contributed by atoms with Crippen LogP contribution < -0.4 is 0 Å². The van der Waals surface area contributed by atoms with Crippen LogP contribution in [-0.4, -0.2) is 4.98 Å². The molecule has 0 saturated heterocycles. The maximum absolute atomic E-state index is 6.13. The predicted octanol–water partition coefficient (Wildman–Crippen LogP) is 5.54. The van der Waals surface area contributed by atoms with Crippen molar-refractivity contribution in [3.63, 3.8) is 0 Å². The van der Waals surface area contributed by atoms with Crippen LogP contribution >= 0.6 is 22.9 Å². The summed E-state index contributed by atoms with van der Waals surface area (Å²) in [6.07, 6.45) is 0. The SMILES string of the molecule is CC(C)(C)c1ccc(C(C)(C)C)c2sc(Cl)nc12. The first-order chi connectivity index (χ1) is 8.10. The summed E-state index contributed by atoms with van der Waals surface area (Å²) in [6, 6.07) is 4.44. The summed E-state index contributed by atoms with van der Waals surface area (Å²) in [5.74, 6) is 0. The minimum absolute atomic E-state index is 0.0894. The zero-order chi connectivity index (χ0) is 13.7. The molecule has 1 aromatic heterocycles. The van der Waals surface area contributed by atoms with Gasteiger partial charge in [0.15, 0.2) is 4.47 Å². The number of hydrogen-bond acceptors (Lipinski definition) is 2. The van der Waals surface area contributed by atoms with Crippen LogP contribution in [0.2, 0.25) is 4.47 Å². The predicted molar refractivity (Wildman–Crippen MR) is 82.0 cm³/mol. The second-order valence-corrected chi connectivity index (χ2v) is 8.39. The normalized spacial score (nSPS) is 13.3. The first-order valence-electron chi connectivity index (χ1n) is 6.21. The summed E-state index contributed by atoms with van der Waals surface area (Å²) in [4.78, 5) is 4.54. The molecule has 0 atom stereocenters. The highest BCUT2D eigenvalue weighted by Gasteiger charge is 2.24. The van der Waals surface area contributed by atoms with Crippen LogP contribution in [0.1, 0.15) is 52.7 Å². The average Bonchev–Trinajstić information content (AvgIpc) is 2.53. The number of aromatic nitrogens is 1. The van der Waals surface area contributed by atoms with Gasteiger partial charge in [-0.2, -0.15) is 0 Å². The molecular formula is C15H20ClNS. The van der Waals surface area contributed by atoms with E-state index < -0.39 is 0 Å². The van der Waals surface area contributed by atoms with E-state index in [1.54, 1.807) is 11.3 Å². The summed E-state index contributed by atoms with van der Waals surface area (Å²) in [7, 11) is 0. The summed E-state index contributed by atoms with van der Waals surface area (Å²) < 4.78 is 1.87. The number of nitrogens with zero attached hydrogens (tertiary/aromatic N) is 1. The highest BCUT2D eigenvalue weighted by Crippen LogP contribution is 2.40. The van der Waals surface area contributed by atoms with Crippen LogP contribution in [0.25, 0.3) is 10.2 Å². The third-order valence-electron chi connectivity index (χ3n) is 3.13. The number of benzene rings is 1. The van der Waals surface area contributed by atoms with Crippen molar-refractivity contribution in [1.82, 2.24) is 4.98 Å². The van der Waals surface area contributed by atoms with Gasteiger partial charge in [0.1, 0.15) is 0 Å². The molecule has 0 saturated carbocycles. The molecule has 0 unspecified atom stereocenters. The zero-order valence-electron chi connectivity index (χ0n) is 11.9. The fraction of sp³-hybridized carbons (Fsp3) is 0.533. The van der Waals surface area contributed by atoms with Crippen LogP contribution in [0.15, 0.2) is 12.1 Å². The van der Waals surface area contributed by atoms with Crippen LogP contribution in [0.4, 0.5) is 0 Å². The van der Waals surface area contributed by atoms with E-state index in [1.807, 2.05) is 0 Å². The molecular weight excluding hydrogens is 262 g/mol. The highest BCUT2D eigenvalue weighted by molar-refractivity contribution is 7.22. The van der Waals surface area contributed by atoms with Crippen LogP contribution in [0.3, 0.4) is 0 Å². The minimum atomic E-state index is 0.0894. The van der Waals surface area contributed by atoms with E-state index in [0.29, 0.717) is 4.47 Å². The van der Waals surface area contributed by atoms with Gasteiger partial charge in [-0.25, -0.2) is 4.98 Å². The topological polar surface area (TPSA) is 12.9 Å². The highest BCUT2D eigenvalue weighted by atomic mass is 35.5. The van der Waals surface area contributed by atoms with Gasteiger partial charge in [0.2, 0.25) is 0 Å². The molecule has 1 nitrogen and oxygen atoms in total. The molecule has 0 N–H and O–H groups in total. The molecule has 0 aliphatic heterocycles. The summed E-state index contributed by atoms with van der Waals surface area (Å²) in [6.45, 7) is 13.3. The summed E-state index contributed by atoms with van der Waals surface area (Å²) in [5, 5.41) is 0. The number of thiazole rings is 1. The first kappa shape index (κ1) is 13.8. The Kier molecular flexibility index (Phi) is 3.23. The van der Waals surface area contributed by atoms with Gasteiger partial charge in [-0.05, 0) is 22.0 Å². The molecule has 98 valence electrons. The number of fused-ring (bicyclic) bond motifs is 1. The Labute approximate surface area is 118 Å². The molecule has 2 rings (SSSR count). The van der Waals surface area contributed by atoms with Gasteiger partial charge >= 0.3 is 0 Å². The van der Waals surface area contributed by atoms with Gasteiger partial charge in [-0.3, -0.25) is 0 Å². The molecule has 0 spiro atoms. The van der Waals surface area contributed by atoms with Crippen molar-refractivity contribution in [2.45, 2.75) is 52.4 Å². The van der Waals surface area contributed by atoms with Gasteiger partial charge in [0, 0.05) is 0 Å². The Bertz CT molecular complexity index is 534. The Morgan fingerprint density at radius 1 is 0.944 bits per heavy atom. The first-order valence-corrected chi connectivity index (χ1v) is 7.40. The van der Waals surface area contributed by atoms with E-state index in [9.17, 15) is 0 Å². The van der Waals surface area contributed by atoms with E-state index in [2.05, 4.69) is 58.7 Å². The molecule has 2 aromatic rings. The Morgan fingerprint density at radius 3 is 1.94 bits per heavy atom. The molecule has 0 amide bonds. The van der Waals surface area contributed by atoms with Gasteiger partial charge in [0.05, 0.1) is 10.2 Å². The molecule has 0 radical (unpaired) electrons. The van der Waals surface area contributed by atoms with Crippen molar-refractivity contribution >= 4 is 33.2 Å². The molecule has 3 heteroatoms. The standard InChI is InChI=1S/C15H20ClNS/c1-14(2,3)9-7-8-10(15(4,5)6)12-11(9)17-13(16)18-12/h7-8H,1-6H3. The smallest absolute Gasteiger partial charge is 0.184 e. The summed E-state index contributed by atoms with van der Waals surface area (Å²) >= 11 is 7.72. The van der Waals surface area contributed by atoms with Crippen molar-refractivity contribution in [2.24, 2.45) is 0 Å². The molecule has 1 heterocycles. The van der Waals surface area contributed by atoms with E-state index in [0.717, 1.165) is 5.52 Å². The quantitative estimate of drug-likeness (QED) is 0.617. The Balaban J connectivity index is 2.83. The minimum Gasteiger partial charge on any atom is -0.225 e. The molecule has 1 aromatic carbocycles. The van der Waals surface area contributed by atoms with Crippen LogP contribution in [0.5, 0.6) is 0 Å². The van der Waals surface area contributed by atoms with E-state index >= 15 is 0 Å². The Morgan fingerprint density at radius 2 is 1.44 bits per heavy atom. The van der Waals surface area contributed by atoms with Crippen LogP contribution in [0, 0.1) is 0 Å². The Hall–Kier alpha value is -0.600. The fourth-order valence-electron chi connectivity index (χ4n) is 2.18. The second-order valence-electron chi connectivity index (χ2n) is 6.81. The van der Waals surface area contributed by atoms with E-state index in [-0.39, 0.29) is 10.8 Å². The fourth-order valence-corrected chi connectivity index (χ4v) is 3.53. The lowest BCUT2D eigenvalue weighted by Crippen LogP contribution is -2.15. The second kappa shape index (κ2) is 4.21. The number of halogens is 1. The van der Waals surface area contributed by atoms with Gasteiger partial charge in [0.25, 0.3) is 0 Å². The third kappa shape index (κ3) is 2.41. The average molecular weight is 282 g/mol. The zero-order valence-corrected chi connectivity index (χ0v) is 13.5. The van der Waals surface area contributed by atoms with E-state index in [4.69, 9.17) is 11.6 Å². The summed E-state index contributed by atoms with van der Waals surface area (Å²) in [5.41, 5.74) is 3.88. The van der Waals surface area contributed by atoms with E-state index in [1.165, 1.54) is 15.8 Å². The van der Waals surface area contributed by atoms with Crippen molar-refractivity contribution in [3.8, 4) is 0 Å². The third-order valence-corrected chi connectivity index (χ3v) is 4.33. The van der Waals surface area contributed by atoms with Crippen molar-refractivity contribution < 1.29 is 0 Å². The van der Waals surface area contributed by atoms with Gasteiger partial charge in [-0.1, -0.05) is 65.3 Å². The lowest BCUT2D eigenvalue weighted by molar-refractivity contribution is 0.585. The maximum Gasteiger partial charge on any atom is 0.184 e. The largest absolute Gasteiger partial charge is 0.225 e. The molecule has 0 aliphatic rings. The van der Waals surface area contributed by atoms with Gasteiger partial charge < -0.3 is 0 Å². The monoisotopic (exact) mass is 281 g/mol. The van der Waals surface area contributed by atoms with Crippen LogP contribution in [-0.2, 0) is 10.8 Å². The molecule has 0 aliphatic carbocycles. The number of rotatable bonds is 0. The van der Waals surface area contributed by atoms with Crippen molar-refractivity contribution in [2.75, 3.05) is 0 Å². The van der Waals surface area contributed by atoms with Crippen molar-refractivity contribution in [3.05, 3.63) is 27.7 Å². The lowest BCUT2D eigenvalue weighted by Gasteiger charge is -2.24. The van der Waals surface area contributed by atoms with Gasteiger partial charge in [-0.15, -0.1) is 11.3 Å². The lowest BCUT2D eigenvalue weighted by atomic mass is 9.81. The number of hydrogen-bond donors (Lipinski definition) is 0.